The fourth-order valence-corrected chi connectivity index (χ4v) is 4.13. The van der Waals surface area contributed by atoms with Crippen LogP contribution >= 0.6 is 0 Å². The molecule has 2 aliphatic heterocycles. The van der Waals surface area contributed by atoms with Crippen molar-refractivity contribution in [1.82, 2.24) is 24.7 Å². The summed E-state index contributed by atoms with van der Waals surface area (Å²) < 4.78 is 12.9. The summed E-state index contributed by atoms with van der Waals surface area (Å²) in [6, 6.07) is 9.85. The number of ether oxygens (including phenoxy) is 2. The van der Waals surface area contributed by atoms with E-state index in [2.05, 4.69) is 20.2 Å². The van der Waals surface area contributed by atoms with Crippen molar-refractivity contribution >= 4 is 17.2 Å². The lowest BCUT2D eigenvalue weighted by molar-refractivity contribution is -0.157. The Bertz CT molecular complexity index is 1070. The Balaban J connectivity index is 1.50. The number of amides is 1. The van der Waals surface area contributed by atoms with Crippen LogP contribution in [0.2, 0.25) is 0 Å². The second kappa shape index (κ2) is 6.70. The summed E-state index contributed by atoms with van der Waals surface area (Å²) >= 11 is 0. The maximum absolute atomic E-state index is 11.8. The van der Waals surface area contributed by atoms with Crippen LogP contribution < -0.4 is 9.64 Å². The minimum Gasteiger partial charge on any atom is -0.497 e. The largest absolute Gasteiger partial charge is 0.497 e. The first-order valence-electron chi connectivity index (χ1n) is 9.55. The number of aromatic nitrogens is 4. The van der Waals surface area contributed by atoms with Gasteiger partial charge >= 0.3 is 0 Å². The molecule has 5 rings (SSSR count). The molecule has 29 heavy (non-hydrogen) atoms. The highest BCUT2D eigenvalue weighted by Gasteiger charge is 2.44. The number of anilines is 1. The van der Waals surface area contributed by atoms with Crippen molar-refractivity contribution in [3.63, 3.8) is 0 Å². The van der Waals surface area contributed by atoms with Gasteiger partial charge in [-0.1, -0.05) is 0 Å². The Kier molecular flexibility index (Phi) is 4.13. The summed E-state index contributed by atoms with van der Waals surface area (Å²) in [5.41, 5.74) is 3.13. The van der Waals surface area contributed by atoms with Crippen molar-refractivity contribution in [3.05, 3.63) is 36.7 Å². The standard InChI is InChI=1S/C20H22N6O3/c1-24-11-20(29-10-18(24)27)7-8-25(12-20)17-9-16(23-26-13-21-22-19(17)26)14-3-5-15(28-2)6-4-14/h3-6,9,13H,7-8,10-12H2,1-2H3. The minimum atomic E-state index is -0.344. The summed E-state index contributed by atoms with van der Waals surface area (Å²) in [6.07, 6.45) is 2.46. The predicted octanol–water partition coefficient (Wildman–Crippen LogP) is 1.24. The van der Waals surface area contributed by atoms with E-state index in [4.69, 9.17) is 9.47 Å². The highest BCUT2D eigenvalue weighted by Crippen LogP contribution is 2.35. The van der Waals surface area contributed by atoms with Gasteiger partial charge in [-0.05, 0) is 36.8 Å². The maximum atomic E-state index is 11.8. The Morgan fingerprint density at radius 3 is 2.79 bits per heavy atom. The topological polar surface area (TPSA) is 85.1 Å². The monoisotopic (exact) mass is 394 g/mol. The summed E-state index contributed by atoms with van der Waals surface area (Å²) in [4.78, 5) is 15.8. The number of benzene rings is 1. The van der Waals surface area contributed by atoms with Gasteiger partial charge in [0.2, 0.25) is 11.6 Å². The number of hydrogen-bond acceptors (Lipinski definition) is 7. The predicted molar refractivity (Wildman–Crippen MR) is 106 cm³/mol. The highest BCUT2D eigenvalue weighted by atomic mass is 16.5. The van der Waals surface area contributed by atoms with E-state index in [1.807, 2.05) is 37.4 Å². The van der Waals surface area contributed by atoms with E-state index in [9.17, 15) is 4.79 Å². The summed E-state index contributed by atoms with van der Waals surface area (Å²) in [7, 11) is 3.48. The number of methoxy groups -OCH3 is 1. The second-order valence-corrected chi connectivity index (χ2v) is 7.64. The first-order valence-corrected chi connectivity index (χ1v) is 9.55. The van der Waals surface area contributed by atoms with E-state index in [1.54, 1.807) is 22.9 Å². The van der Waals surface area contributed by atoms with E-state index in [0.717, 1.165) is 35.7 Å². The SMILES string of the molecule is COc1ccc(-c2cc(N3CCC4(CN(C)C(=O)CO4)C3)c3nncn3n2)cc1. The molecule has 0 aliphatic carbocycles. The molecule has 0 radical (unpaired) electrons. The Morgan fingerprint density at radius 2 is 2.03 bits per heavy atom. The molecule has 1 aromatic carbocycles. The molecule has 2 saturated heterocycles. The molecule has 2 aromatic heterocycles. The average molecular weight is 394 g/mol. The zero-order valence-electron chi connectivity index (χ0n) is 16.4. The van der Waals surface area contributed by atoms with Crippen LogP contribution in [0.1, 0.15) is 6.42 Å². The van der Waals surface area contributed by atoms with Crippen LogP contribution in [-0.4, -0.2) is 76.6 Å². The molecule has 0 bridgehead atoms. The van der Waals surface area contributed by atoms with Crippen molar-refractivity contribution in [1.29, 1.82) is 0 Å². The van der Waals surface area contributed by atoms with Crippen LogP contribution in [0.15, 0.2) is 36.7 Å². The van der Waals surface area contributed by atoms with Crippen molar-refractivity contribution < 1.29 is 14.3 Å². The van der Waals surface area contributed by atoms with Crippen LogP contribution in [0.25, 0.3) is 16.9 Å². The molecule has 1 amide bonds. The third-order valence-corrected chi connectivity index (χ3v) is 5.74. The minimum absolute atomic E-state index is 0.0274. The molecule has 2 aliphatic rings. The lowest BCUT2D eigenvalue weighted by atomic mass is 10.0. The quantitative estimate of drug-likeness (QED) is 0.661. The van der Waals surface area contributed by atoms with Gasteiger partial charge in [-0.3, -0.25) is 4.79 Å². The molecule has 1 spiro atoms. The van der Waals surface area contributed by atoms with Gasteiger partial charge in [0.25, 0.3) is 0 Å². The number of hydrogen-bond donors (Lipinski definition) is 0. The highest BCUT2D eigenvalue weighted by molar-refractivity contribution is 5.78. The molecular weight excluding hydrogens is 372 g/mol. The maximum Gasteiger partial charge on any atom is 0.248 e. The number of fused-ring (bicyclic) bond motifs is 1. The summed E-state index contributed by atoms with van der Waals surface area (Å²) in [6.45, 7) is 2.25. The van der Waals surface area contributed by atoms with Crippen LogP contribution in [0.4, 0.5) is 5.69 Å². The number of morpholine rings is 1. The number of likely N-dealkylation sites (N-methyl/N-ethyl adjacent to an activating group) is 1. The van der Waals surface area contributed by atoms with E-state index >= 15 is 0 Å². The number of carbonyl (C=O) groups is 1. The van der Waals surface area contributed by atoms with E-state index in [-0.39, 0.29) is 18.1 Å². The molecule has 9 nitrogen and oxygen atoms in total. The van der Waals surface area contributed by atoms with Crippen LogP contribution in [0.3, 0.4) is 0 Å². The van der Waals surface area contributed by atoms with Crippen molar-refractivity contribution in [2.24, 2.45) is 0 Å². The van der Waals surface area contributed by atoms with Crippen molar-refractivity contribution in [2.75, 3.05) is 45.3 Å². The zero-order chi connectivity index (χ0) is 20.0. The van der Waals surface area contributed by atoms with E-state index in [1.165, 1.54) is 0 Å². The molecule has 0 saturated carbocycles. The number of carbonyl (C=O) groups excluding carboxylic acids is 1. The fourth-order valence-electron chi connectivity index (χ4n) is 4.13. The van der Waals surface area contributed by atoms with Gasteiger partial charge < -0.3 is 19.3 Å². The van der Waals surface area contributed by atoms with Crippen LogP contribution in [0, 0.1) is 0 Å². The first-order chi connectivity index (χ1) is 14.1. The molecular formula is C20H22N6O3. The molecule has 4 heterocycles. The van der Waals surface area contributed by atoms with E-state index in [0.29, 0.717) is 18.7 Å². The summed E-state index contributed by atoms with van der Waals surface area (Å²) in [5.74, 6) is 0.827. The van der Waals surface area contributed by atoms with Crippen LogP contribution in [-0.2, 0) is 9.53 Å². The number of rotatable bonds is 3. The Labute approximate surface area is 167 Å². The number of nitrogens with zero attached hydrogens (tertiary/aromatic N) is 6. The van der Waals surface area contributed by atoms with Gasteiger partial charge in [0, 0.05) is 25.7 Å². The zero-order valence-corrected chi connectivity index (χ0v) is 16.4. The molecule has 1 atom stereocenters. The van der Waals surface area contributed by atoms with Crippen molar-refractivity contribution in [3.8, 4) is 17.0 Å². The van der Waals surface area contributed by atoms with Gasteiger partial charge in [-0.2, -0.15) is 9.61 Å². The average Bonchev–Trinajstić information content (AvgIpc) is 3.38. The Hall–Kier alpha value is -3.20. The third kappa shape index (κ3) is 3.07. The molecule has 1 unspecified atom stereocenters. The molecule has 3 aromatic rings. The lowest BCUT2D eigenvalue weighted by Crippen LogP contribution is -2.54. The van der Waals surface area contributed by atoms with Gasteiger partial charge in [-0.15, -0.1) is 10.2 Å². The van der Waals surface area contributed by atoms with Crippen LogP contribution in [0.5, 0.6) is 5.75 Å². The molecule has 2 fully saturated rings. The third-order valence-electron chi connectivity index (χ3n) is 5.74. The second-order valence-electron chi connectivity index (χ2n) is 7.64. The first kappa shape index (κ1) is 17.9. The van der Waals surface area contributed by atoms with Gasteiger partial charge in [-0.25, -0.2) is 0 Å². The molecule has 150 valence electrons. The normalized spacial score (nSPS) is 22.1. The smallest absolute Gasteiger partial charge is 0.248 e. The van der Waals surface area contributed by atoms with Gasteiger partial charge in [0.15, 0.2) is 0 Å². The van der Waals surface area contributed by atoms with Crippen molar-refractivity contribution in [2.45, 2.75) is 12.0 Å². The van der Waals surface area contributed by atoms with Gasteiger partial charge in [0.05, 0.1) is 25.0 Å². The Morgan fingerprint density at radius 1 is 1.21 bits per heavy atom. The fraction of sp³-hybridized carbons (Fsp3) is 0.400. The van der Waals surface area contributed by atoms with E-state index < -0.39 is 0 Å². The molecule has 0 N–H and O–H groups in total. The van der Waals surface area contributed by atoms with Gasteiger partial charge in [0.1, 0.15) is 24.3 Å². The summed E-state index contributed by atoms with van der Waals surface area (Å²) in [5, 5.41) is 13.0. The molecule has 9 heteroatoms. The lowest BCUT2D eigenvalue weighted by Gasteiger charge is -2.38.